The number of benzene rings is 1. The minimum absolute atomic E-state index is 0.0367. The number of carbonyl (C=O) groups excluding carboxylic acids is 2. The number of amides is 1. The highest BCUT2D eigenvalue weighted by molar-refractivity contribution is 6.01. The molecule has 1 aromatic carbocycles. The lowest BCUT2D eigenvalue weighted by molar-refractivity contribution is -0.141. The summed E-state index contributed by atoms with van der Waals surface area (Å²) in [7, 11) is 0. The molecule has 0 aliphatic carbocycles. The van der Waals surface area contributed by atoms with Crippen molar-refractivity contribution in [3.8, 4) is 0 Å². The van der Waals surface area contributed by atoms with Gasteiger partial charge >= 0.3 is 18.2 Å². The second kappa shape index (κ2) is 9.28. The summed E-state index contributed by atoms with van der Waals surface area (Å²) < 4.78 is 67.9. The van der Waals surface area contributed by atoms with Crippen molar-refractivity contribution in [2.75, 3.05) is 18.1 Å². The van der Waals surface area contributed by atoms with Crippen LogP contribution in [0, 0.1) is 5.82 Å². The fraction of sp³-hybridized carbons (Fsp3) is 0.444. The van der Waals surface area contributed by atoms with E-state index in [1.165, 1.54) is 36.1 Å². The van der Waals surface area contributed by atoms with Crippen LogP contribution in [0.5, 0.6) is 0 Å². The number of ether oxygens (including phenoxy) is 2. The predicted molar refractivity (Wildman–Crippen MR) is 132 cm³/mol. The number of fused-ring (bicyclic) bond motifs is 3. The van der Waals surface area contributed by atoms with Gasteiger partial charge in [-0.15, -0.1) is 0 Å². The quantitative estimate of drug-likeness (QED) is 0.290. The van der Waals surface area contributed by atoms with E-state index in [0.29, 0.717) is 16.9 Å². The van der Waals surface area contributed by atoms with Gasteiger partial charge < -0.3 is 9.47 Å². The number of hydrogen-bond donors (Lipinski definition) is 0. The van der Waals surface area contributed by atoms with Crippen LogP contribution in [-0.2, 0) is 27.5 Å². The Hall–Kier alpha value is -3.63. The Labute approximate surface area is 217 Å². The van der Waals surface area contributed by atoms with Gasteiger partial charge in [0.2, 0.25) is 0 Å². The van der Waals surface area contributed by atoms with E-state index in [2.05, 4.69) is 5.10 Å². The molecular weight excluding hydrogens is 506 g/mol. The number of carbonyl (C=O) groups is 2. The molecule has 0 saturated heterocycles. The lowest BCUT2D eigenvalue weighted by Crippen LogP contribution is -2.38. The molecule has 1 amide bonds. The zero-order valence-corrected chi connectivity index (χ0v) is 22.0. The van der Waals surface area contributed by atoms with Crippen molar-refractivity contribution in [1.82, 2.24) is 9.61 Å². The third kappa shape index (κ3) is 5.06. The SMILES string of the molecule is CCOC(=O)c1c(C(F)(F)F)nn2c3c(cc(Cc4ccc(F)cc4)c12)N(C(=O)OC(C)(C)C)CC3(C)C. The van der Waals surface area contributed by atoms with E-state index in [4.69, 9.17) is 9.47 Å². The van der Waals surface area contributed by atoms with Crippen molar-refractivity contribution >= 4 is 23.3 Å². The van der Waals surface area contributed by atoms with Crippen molar-refractivity contribution in [2.24, 2.45) is 0 Å². The number of halogens is 4. The summed E-state index contributed by atoms with van der Waals surface area (Å²) in [4.78, 5) is 27.4. The van der Waals surface area contributed by atoms with E-state index >= 15 is 0 Å². The number of pyridine rings is 1. The van der Waals surface area contributed by atoms with Crippen molar-refractivity contribution in [2.45, 2.75) is 65.2 Å². The molecule has 0 atom stereocenters. The Morgan fingerprint density at radius 3 is 2.29 bits per heavy atom. The van der Waals surface area contributed by atoms with Crippen LogP contribution in [-0.4, -0.2) is 40.4 Å². The average Bonchev–Trinajstić information content (AvgIpc) is 3.30. The molecule has 7 nitrogen and oxygen atoms in total. The summed E-state index contributed by atoms with van der Waals surface area (Å²) in [5, 5.41) is 3.89. The number of aromatic nitrogens is 2. The van der Waals surface area contributed by atoms with Crippen molar-refractivity contribution in [3.63, 3.8) is 0 Å². The van der Waals surface area contributed by atoms with E-state index in [1.807, 2.05) is 0 Å². The van der Waals surface area contributed by atoms with Crippen LogP contribution in [0.1, 0.15) is 74.4 Å². The molecule has 2 aromatic heterocycles. The summed E-state index contributed by atoms with van der Waals surface area (Å²) in [6.45, 7) is 10.2. The molecule has 0 N–H and O–H groups in total. The van der Waals surface area contributed by atoms with Gasteiger partial charge in [-0.2, -0.15) is 18.3 Å². The lowest BCUT2D eigenvalue weighted by Gasteiger charge is -2.25. The highest BCUT2D eigenvalue weighted by atomic mass is 19.4. The van der Waals surface area contributed by atoms with Gasteiger partial charge in [0.15, 0.2) is 5.69 Å². The highest BCUT2D eigenvalue weighted by Crippen LogP contribution is 2.45. The number of alkyl halides is 3. The van der Waals surface area contributed by atoms with E-state index < -0.39 is 46.3 Å². The minimum atomic E-state index is -4.96. The Kier molecular flexibility index (Phi) is 6.70. The Balaban J connectivity index is 2.06. The van der Waals surface area contributed by atoms with Gasteiger partial charge in [-0.1, -0.05) is 26.0 Å². The maximum Gasteiger partial charge on any atom is 0.436 e. The van der Waals surface area contributed by atoms with E-state index in [1.54, 1.807) is 40.7 Å². The topological polar surface area (TPSA) is 73.1 Å². The van der Waals surface area contributed by atoms with Gasteiger partial charge in [-0.05, 0) is 63.4 Å². The third-order valence-corrected chi connectivity index (χ3v) is 6.11. The van der Waals surface area contributed by atoms with Crippen LogP contribution in [0.3, 0.4) is 0 Å². The molecule has 0 radical (unpaired) electrons. The average molecular weight is 536 g/mol. The number of esters is 1. The van der Waals surface area contributed by atoms with Crippen LogP contribution in [0.2, 0.25) is 0 Å². The first kappa shape index (κ1) is 27.4. The van der Waals surface area contributed by atoms with E-state index in [9.17, 15) is 27.2 Å². The number of anilines is 1. The monoisotopic (exact) mass is 535 g/mol. The lowest BCUT2D eigenvalue weighted by atomic mass is 9.90. The Morgan fingerprint density at radius 2 is 1.74 bits per heavy atom. The van der Waals surface area contributed by atoms with Crippen LogP contribution in [0.15, 0.2) is 30.3 Å². The molecule has 1 aliphatic rings. The van der Waals surface area contributed by atoms with Crippen molar-refractivity contribution < 1.29 is 36.6 Å². The normalized spacial score (nSPS) is 15.1. The first-order valence-corrected chi connectivity index (χ1v) is 12.1. The molecule has 0 spiro atoms. The molecule has 0 fully saturated rings. The van der Waals surface area contributed by atoms with Gasteiger partial charge in [0, 0.05) is 12.0 Å². The second-order valence-corrected chi connectivity index (χ2v) is 10.9. The molecule has 0 unspecified atom stereocenters. The summed E-state index contributed by atoms with van der Waals surface area (Å²) >= 11 is 0. The highest BCUT2D eigenvalue weighted by Gasteiger charge is 2.46. The maximum atomic E-state index is 14.2. The largest absolute Gasteiger partial charge is 0.462 e. The van der Waals surface area contributed by atoms with Crippen LogP contribution in [0.25, 0.3) is 5.52 Å². The standard InChI is InChI=1S/C27H29F4N3O4/c1-7-37-23(35)19-20-16(12-15-8-10-17(28)11-9-15)13-18-22(34(20)32-21(19)27(29,30)31)26(5,6)14-33(18)24(36)38-25(2,3)4/h8-11,13H,7,12,14H2,1-6H3. The summed E-state index contributed by atoms with van der Waals surface area (Å²) in [6, 6.07) is 7.05. The molecule has 4 rings (SSSR count). The first-order valence-electron chi connectivity index (χ1n) is 12.1. The number of rotatable bonds is 4. The predicted octanol–water partition coefficient (Wildman–Crippen LogP) is 6.29. The Bertz CT molecular complexity index is 1400. The smallest absolute Gasteiger partial charge is 0.436 e. The molecular formula is C27H29F4N3O4. The first-order chi connectivity index (χ1) is 17.5. The second-order valence-electron chi connectivity index (χ2n) is 10.9. The molecule has 38 heavy (non-hydrogen) atoms. The molecule has 3 aromatic rings. The molecule has 1 aliphatic heterocycles. The molecule has 204 valence electrons. The Morgan fingerprint density at radius 1 is 1.11 bits per heavy atom. The summed E-state index contributed by atoms with van der Waals surface area (Å²) in [6.07, 6.45) is -5.58. The van der Waals surface area contributed by atoms with Crippen LogP contribution < -0.4 is 4.90 Å². The van der Waals surface area contributed by atoms with Crippen LogP contribution in [0.4, 0.5) is 28.0 Å². The molecule has 0 saturated carbocycles. The van der Waals surface area contributed by atoms with Gasteiger partial charge in [0.25, 0.3) is 0 Å². The van der Waals surface area contributed by atoms with Gasteiger partial charge in [0.1, 0.15) is 17.0 Å². The van der Waals surface area contributed by atoms with E-state index in [-0.39, 0.29) is 30.7 Å². The third-order valence-electron chi connectivity index (χ3n) is 6.11. The molecule has 11 heteroatoms. The van der Waals surface area contributed by atoms with Crippen molar-refractivity contribution in [3.05, 3.63) is 64.2 Å². The van der Waals surface area contributed by atoms with Gasteiger partial charge in [0.05, 0.1) is 23.5 Å². The fourth-order valence-corrected chi connectivity index (χ4v) is 4.71. The fourth-order valence-electron chi connectivity index (χ4n) is 4.71. The van der Waals surface area contributed by atoms with Crippen LogP contribution >= 0.6 is 0 Å². The summed E-state index contributed by atoms with van der Waals surface area (Å²) in [5.41, 5.74) is -2.30. The maximum absolute atomic E-state index is 14.2. The summed E-state index contributed by atoms with van der Waals surface area (Å²) in [5.74, 6) is -1.63. The number of hydrogen-bond acceptors (Lipinski definition) is 5. The number of nitrogens with zero attached hydrogens (tertiary/aromatic N) is 3. The van der Waals surface area contributed by atoms with Gasteiger partial charge in [-0.25, -0.2) is 18.5 Å². The minimum Gasteiger partial charge on any atom is -0.462 e. The van der Waals surface area contributed by atoms with Crippen molar-refractivity contribution in [1.29, 1.82) is 0 Å². The van der Waals surface area contributed by atoms with Gasteiger partial charge in [-0.3, -0.25) is 4.90 Å². The zero-order valence-electron chi connectivity index (χ0n) is 22.0. The van der Waals surface area contributed by atoms with E-state index in [0.717, 1.165) is 4.52 Å². The molecule has 0 bridgehead atoms. The molecule has 3 heterocycles. The zero-order chi connectivity index (χ0) is 28.2.